The van der Waals surface area contributed by atoms with E-state index in [0.717, 1.165) is 12.7 Å². The second kappa shape index (κ2) is 5.97. The van der Waals surface area contributed by atoms with Gasteiger partial charge in [0.25, 0.3) is 0 Å². The molecule has 1 aromatic rings. The number of aliphatic carboxylic acids is 1. The smallest absolute Gasteiger partial charge is 0.310 e. The number of rotatable bonds is 5. The number of benzene rings is 1. The van der Waals surface area contributed by atoms with Crippen LogP contribution in [0, 0.1) is 5.92 Å². The fourth-order valence-electron chi connectivity index (χ4n) is 2.75. The van der Waals surface area contributed by atoms with E-state index < -0.39 is 21.7 Å². The third-order valence-corrected chi connectivity index (χ3v) is 5.05. The van der Waals surface area contributed by atoms with Gasteiger partial charge in [-0.2, -0.15) is 0 Å². The first kappa shape index (κ1) is 15.7. The number of carbonyl (C=O) groups is 2. The van der Waals surface area contributed by atoms with Crippen molar-refractivity contribution >= 4 is 21.6 Å². The van der Waals surface area contributed by atoms with Crippen LogP contribution in [0.15, 0.2) is 29.2 Å². The van der Waals surface area contributed by atoms with Crippen LogP contribution in [0.2, 0.25) is 0 Å². The molecule has 0 spiro atoms. The van der Waals surface area contributed by atoms with Gasteiger partial charge in [0.1, 0.15) is 5.78 Å². The van der Waals surface area contributed by atoms with Gasteiger partial charge in [-0.3, -0.25) is 9.59 Å². The van der Waals surface area contributed by atoms with E-state index >= 15 is 0 Å². The van der Waals surface area contributed by atoms with Crippen molar-refractivity contribution in [1.29, 1.82) is 0 Å². The van der Waals surface area contributed by atoms with Crippen LogP contribution in [0.5, 0.6) is 0 Å². The van der Waals surface area contributed by atoms with Crippen molar-refractivity contribution in [2.45, 2.75) is 36.5 Å². The first-order valence-corrected chi connectivity index (χ1v) is 8.71. The third-order valence-electron chi connectivity index (χ3n) is 3.93. The fourth-order valence-corrected chi connectivity index (χ4v) is 3.38. The quantitative estimate of drug-likeness (QED) is 0.898. The number of carbonyl (C=O) groups excluding carboxylic acids is 1. The first-order chi connectivity index (χ1) is 9.77. The van der Waals surface area contributed by atoms with E-state index in [1.165, 1.54) is 12.1 Å². The second-order valence-corrected chi connectivity index (χ2v) is 7.63. The lowest BCUT2D eigenvalue weighted by Gasteiger charge is -2.17. The molecule has 0 saturated heterocycles. The minimum absolute atomic E-state index is 0.105. The summed E-state index contributed by atoms with van der Waals surface area (Å²) in [6.45, 7) is 0. The summed E-state index contributed by atoms with van der Waals surface area (Å²) in [6.07, 6.45) is 3.25. The van der Waals surface area contributed by atoms with E-state index in [2.05, 4.69) is 0 Å². The van der Waals surface area contributed by atoms with Gasteiger partial charge in [0.05, 0.1) is 10.8 Å². The van der Waals surface area contributed by atoms with Gasteiger partial charge in [0, 0.05) is 19.1 Å². The number of sulfone groups is 1. The highest BCUT2D eigenvalue weighted by Crippen LogP contribution is 2.33. The van der Waals surface area contributed by atoms with E-state index in [1.54, 1.807) is 12.1 Å². The summed E-state index contributed by atoms with van der Waals surface area (Å²) in [7, 11) is -3.29. The molecule has 1 saturated carbocycles. The topological polar surface area (TPSA) is 88.5 Å². The summed E-state index contributed by atoms with van der Waals surface area (Å²) in [5.74, 6) is -1.35. The van der Waals surface area contributed by atoms with Gasteiger partial charge in [-0.1, -0.05) is 12.1 Å². The number of hydrogen-bond acceptors (Lipinski definition) is 4. The molecule has 5 nitrogen and oxygen atoms in total. The number of hydrogen-bond donors (Lipinski definition) is 1. The first-order valence-electron chi connectivity index (χ1n) is 6.82. The molecule has 0 bridgehead atoms. The zero-order valence-corrected chi connectivity index (χ0v) is 12.6. The molecule has 1 aliphatic carbocycles. The van der Waals surface area contributed by atoms with Crippen molar-refractivity contribution in [3.8, 4) is 0 Å². The third kappa shape index (κ3) is 3.91. The van der Waals surface area contributed by atoms with Gasteiger partial charge in [0.15, 0.2) is 9.84 Å². The van der Waals surface area contributed by atoms with Gasteiger partial charge in [-0.05, 0) is 36.5 Å². The molecule has 0 heterocycles. The fraction of sp³-hybridized carbons (Fsp3) is 0.467. The average molecular weight is 310 g/mol. The Kier molecular flexibility index (Phi) is 4.46. The summed E-state index contributed by atoms with van der Waals surface area (Å²) >= 11 is 0. The standard InChI is InChI=1S/C15H18O5S/c1-21(19,20)13-6-3-11(4-7-13)14(15(17)18)9-10-2-5-12(16)8-10/h3-4,6-7,10,14H,2,5,8-9H2,1H3,(H,17,18). The van der Waals surface area contributed by atoms with Crippen LogP contribution in [-0.4, -0.2) is 31.5 Å². The van der Waals surface area contributed by atoms with E-state index in [1.807, 2.05) is 0 Å². The summed E-state index contributed by atoms with van der Waals surface area (Å²) < 4.78 is 22.8. The van der Waals surface area contributed by atoms with Gasteiger partial charge < -0.3 is 5.11 Å². The minimum atomic E-state index is -3.29. The predicted octanol–water partition coefficient (Wildman–Crippen LogP) is 2.02. The largest absolute Gasteiger partial charge is 0.481 e. The number of carboxylic acid groups (broad SMARTS) is 1. The maximum absolute atomic E-state index is 11.4. The summed E-state index contributed by atoms with van der Waals surface area (Å²) in [4.78, 5) is 22.9. The predicted molar refractivity (Wildman–Crippen MR) is 76.9 cm³/mol. The molecule has 2 unspecified atom stereocenters. The van der Waals surface area contributed by atoms with Crippen LogP contribution in [0.1, 0.15) is 37.2 Å². The van der Waals surface area contributed by atoms with E-state index in [0.29, 0.717) is 24.8 Å². The Hall–Kier alpha value is -1.69. The number of ketones is 1. The average Bonchev–Trinajstić information content (AvgIpc) is 2.80. The molecule has 114 valence electrons. The number of Topliss-reactive ketones (excluding diaryl/α,β-unsaturated/α-hetero) is 1. The van der Waals surface area contributed by atoms with Gasteiger partial charge >= 0.3 is 5.97 Å². The molecule has 21 heavy (non-hydrogen) atoms. The van der Waals surface area contributed by atoms with E-state index in [9.17, 15) is 23.1 Å². The maximum atomic E-state index is 11.4. The lowest BCUT2D eigenvalue weighted by Crippen LogP contribution is -2.15. The Labute approximate surface area is 123 Å². The van der Waals surface area contributed by atoms with Crippen LogP contribution >= 0.6 is 0 Å². The Morgan fingerprint density at radius 2 is 1.95 bits per heavy atom. The van der Waals surface area contributed by atoms with E-state index in [-0.39, 0.29) is 16.6 Å². The molecular formula is C15H18O5S. The molecular weight excluding hydrogens is 292 g/mol. The lowest BCUT2D eigenvalue weighted by molar-refractivity contribution is -0.139. The monoisotopic (exact) mass is 310 g/mol. The minimum Gasteiger partial charge on any atom is -0.481 e. The summed E-state index contributed by atoms with van der Waals surface area (Å²) in [5.41, 5.74) is 0.578. The Morgan fingerprint density at radius 1 is 1.33 bits per heavy atom. The van der Waals surface area contributed by atoms with Crippen LogP contribution in [-0.2, 0) is 19.4 Å². The van der Waals surface area contributed by atoms with Crippen molar-refractivity contribution in [1.82, 2.24) is 0 Å². The number of carboxylic acids is 1. The maximum Gasteiger partial charge on any atom is 0.310 e. The zero-order chi connectivity index (χ0) is 15.6. The zero-order valence-electron chi connectivity index (χ0n) is 11.8. The summed E-state index contributed by atoms with van der Waals surface area (Å²) in [5, 5.41) is 9.38. The Morgan fingerprint density at radius 3 is 2.38 bits per heavy atom. The SMILES string of the molecule is CS(=O)(=O)c1ccc(C(CC2CCC(=O)C2)C(=O)O)cc1. The highest BCUT2D eigenvalue weighted by atomic mass is 32.2. The Balaban J connectivity index is 2.18. The molecule has 6 heteroatoms. The van der Waals surface area contributed by atoms with E-state index in [4.69, 9.17) is 0 Å². The molecule has 2 atom stereocenters. The Bertz CT molecular complexity index is 645. The molecule has 1 N–H and O–H groups in total. The van der Waals surface area contributed by atoms with Gasteiger partial charge in [0.2, 0.25) is 0 Å². The molecule has 1 fully saturated rings. The van der Waals surface area contributed by atoms with Crippen LogP contribution in [0.3, 0.4) is 0 Å². The normalized spacial score (nSPS) is 20.4. The van der Waals surface area contributed by atoms with Crippen molar-refractivity contribution in [2.75, 3.05) is 6.26 Å². The van der Waals surface area contributed by atoms with Gasteiger partial charge in [-0.15, -0.1) is 0 Å². The molecule has 0 aromatic heterocycles. The highest BCUT2D eigenvalue weighted by Gasteiger charge is 2.29. The van der Waals surface area contributed by atoms with Gasteiger partial charge in [-0.25, -0.2) is 8.42 Å². The highest BCUT2D eigenvalue weighted by molar-refractivity contribution is 7.90. The lowest BCUT2D eigenvalue weighted by atomic mass is 9.88. The van der Waals surface area contributed by atoms with Crippen LogP contribution in [0.25, 0.3) is 0 Å². The molecule has 2 rings (SSSR count). The van der Waals surface area contributed by atoms with Crippen molar-refractivity contribution in [3.05, 3.63) is 29.8 Å². The molecule has 0 radical (unpaired) electrons. The molecule has 0 aliphatic heterocycles. The van der Waals surface area contributed by atoms with Crippen molar-refractivity contribution in [3.63, 3.8) is 0 Å². The van der Waals surface area contributed by atoms with Crippen LogP contribution < -0.4 is 0 Å². The van der Waals surface area contributed by atoms with Crippen LogP contribution in [0.4, 0.5) is 0 Å². The summed E-state index contributed by atoms with van der Waals surface area (Å²) in [6, 6.07) is 5.96. The molecule has 1 aliphatic rings. The van der Waals surface area contributed by atoms with Crippen molar-refractivity contribution < 1.29 is 23.1 Å². The second-order valence-electron chi connectivity index (χ2n) is 5.62. The van der Waals surface area contributed by atoms with Crippen molar-refractivity contribution in [2.24, 2.45) is 5.92 Å². The molecule has 0 amide bonds. The molecule has 1 aromatic carbocycles.